The van der Waals surface area contributed by atoms with Crippen molar-refractivity contribution in [1.82, 2.24) is 25.3 Å². The van der Waals surface area contributed by atoms with Gasteiger partial charge >= 0.3 is 0 Å². The summed E-state index contributed by atoms with van der Waals surface area (Å²) >= 11 is 0. The van der Waals surface area contributed by atoms with Crippen LogP contribution in [0.5, 0.6) is 0 Å². The van der Waals surface area contributed by atoms with Gasteiger partial charge in [0.15, 0.2) is 0 Å². The zero-order chi connectivity index (χ0) is 29.9. The number of hydrogen-bond acceptors (Lipinski definition) is 4. The van der Waals surface area contributed by atoms with Gasteiger partial charge in [0.25, 0.3) is 0 Å². The van der Waals surface area contributed by atoms with Crippen molar-refractivity contribution in [2.75, 3.05) is 19.6 Å². The van der Waals surface area contributed by atoms with Gasteiger partial charge < -0.3 is 10.6 Å². The van der Waals surface area contributed by atoms with E-state index in [2.05, 4.69) is 15.7 Å². The van der Waals surface area contributed by atoms with Gasteiger partial charge in [0, 0.05) is 12.7 Å². The molecule has 218 valence electrons. The molecule has 0 spiro atoms. The first kappa shape index (κ1) is 29.5. The zero-order valence-electron chi connectivity index (χ0n) is 24.3. The molecule has 7 nitrogen and oxygen atoms in total. The second-order valence-electron chi connectivity index (χ2n) is 10.6. The molecule has 2 amide bonds. The van der Waals surface area contributed by atoms with Crippen LogP contribution in [0.4, 0.5) is 0 Å². The Morgan fingerprint density at radius 3 is 1.35 bits per heavy atom. The molecule has 2 N–H and O–H groups in total. The fourth-order valence-corrected chi connectivity index (χ4v) is 5.17. The van der Waals surface area contributed by atoms with Gasteiger partial charge in [0.05, 0.1) is 37.9 Å². The summed E-state index contributed by atoms with van der Waals surface area (Å²) in [4.78, 5) is 29.0. The molecular formula is C36H37N5O2. The molecule has 5 aromatic rings. The standard InChI is InChI=1S/C36H37N5O2/c1-28-24-37-41(25-28)23-22-40(26-33(42)38-35(29-14-6-2-7-15-29)30-16-8-3-9-17-30)27-34(43)39-36(31-18-10-4-11-19-31)32-20-12-5-13-21-32/h2-21,24-25,35-36H,22-23,26-27H2,1H3,(H,38,42)(H,39,43). The molecule has 1 aromatic heterocycles. The van der Waals surface area contributed by atoms with Crippen molar-refractivity contribution in [2.24, 2.45) is 0 Å². The Kier molecular flexibility index (Phi) is 10.1. The van der Waals surface area contributed by atoms with Crippen molar-refractivity contribution in [3.63, 3.8) is 0 Å². The molecule has 0 aliphatic rings. The lowest BCUT2D eigenvalue weighted by Crippen LogP contribution is -2.45. The van der Waals surface area contributed by atoms with E-state index in [4.69, 9.17) is 0 Å². The second-order valence-corrected chi connectivity index (χ2v) is 10.6. The van der Waals surface area contributed by atoms with E-state index in [1.807, 2.05) is 144 Å². The quantitative estimate of drug-likeness (QED) is 0.201. The lowest BCUT2D eigenvalue weighted by molar-refractivity contribution is -0.125. The van der Waals surface area contributed by atoms with Crippen LogP contribution in [-0.2, 0) is 16.1 Å². The molecular weight excluding hydrogens is 534 g/mol. The molecule has 0 atom stereocenters. The van der Waals surface area contributed by atoms with E-state index in [0.29, 0.717) is 13.1 Å². The van der Waals surface area contributed by atoms with Crippen LogP contribution in [0.15, 0.2) is 134 Å². The molecule has 0 unspecified atom stereocenters. The minimum Gasteiger partial charge on any atom is -0.344 e. The van der Waals surface area contributed by atoms with E-state index >= 15 is 0 Å². The van der Waals surface area contributed by atoms with Crippen LogP contribution in [0.2, 0.25) is 0 Å². The summed E-state index contributed by atoms with van der Waals surface area (Å²) in [5.74, 6) is -0.324. The highest BCUT2D eigenvalue weighted by Gasteiger charge is 2.22. The van der Waals surface area contributed by atoms with E-state index in [9.17, 15) is 9.59 Å². The number of benzene rings is 4. The summed E-state index contributed by atoms with van der Waals surface area (Å²) in [6.07, 6.45) is 3.76. The Morgan fingerprint density at radius 1 is 0.651 bits per heavy atom. The Labute approximate surface area is 253 Å². The van der Waals surface area contributed by atoms with Crippen LogP contribution >= 0.6 is 0 Å². The molecule has 5 rings (SSSR count). The molecule has 0 radical (unpaired) electrons. The summed E-state index contributed by atoms with van der Waals surface area (Å²) in [5, 5.41) is 10.8. The van der Waals surface area contributed by atoms with Crippen LogP contribution in [0.3, 0.4) is 0 Å². The van der Waals surface area contributed by atoms with Crippen molar-refractivity contribution in [3.8, 4) is 0 Å². The van der Waals surface area contributed by atoms with Gasteiger partial charge in [-0.15, -0.1) is 0 Å². The lowest BCUT2D eigenvalue weighted by Gasteiger charge is -2.26. The predicted octanol–water partition coefficient (Wildman–Crippen LogP) is 5.31. The van der Waals surface area contributed by atoms with Gasteiger partial charge in [0.1, 0.15) is 0 Å². The van der Waals surface area contributed by atoms with Crippen LogP contribution in [0.1, 0.15) is 39.9 Å². The first-order valence-electron chi connectivity index (χ1n) is 14.5. The minimum atomic E-state index is -0.306. The third kappa shape index (κ3) is 8.50. The molecule has 0 saturated heterocycles. The fraction of sp³-hybridized carbons (Fsp3) is 0.194. The summed E-state index contributed by atoms with van der Waals surface area (Å²) in [5.41, 5.74) is 5.03. The van der Waals surface area contributed by atoms with E-state index in [1.165, 1.54) is 0 Å². The Balaban J connectivity index is 1.32. The highest BCUT2D eigenvalue weighted by Crippen LogP contribution is 2.23. The van der Waals surface area contributed by atoms with E-state index in [-0.39, 0.29) is 37.0 Å². The maximum Gasteiger partial charge on any atom is 0.234 e. The monoisotopic (exact) mass is 571 g/mol. The molecule has 7 heteroatoms. The minimum absolute atomic E-state index is 0.0607. The van der Waals surface area contributed by atoms with Crippen LogP contribution < -0.4 is 10.6 Å². The Bertz CT molecular complexity index is 1400. The van der Waals surface area contributed by atoms with Gasteiger partial charge in [-0.2, -0.15) is 5.10 Å². The molecule has 1 heterocycles. The van der Waals surface area contributed by atoms with Gasteiger partial charge in [-0.3, -0.25) is 19.2 Å². The van der Waals surface area contributed by atoms with Gasteiger partial charge in [-0.1, -0.05) is 121 Å². The smallest absolute Gasteiger partial charge is 0.234 e. The first-order chi connectivity index (χ1) is 21.0. The van der Waals surface area contributed by atoms with Crippen LogP contribution in [-0.4, -0.2) is 46.1 Å². The van der Waals surface area contributed by atoms with Crippen molar-refractivity contribution in [3.05, 3.63) is 162 Å². The van der Waals surface area contributed by atoms with E-state index in [0.717, 1.165) is 27.8 Å². The fourth-order valence-electron chi connectivity index (χ4n) is 5.17. The number of carbonyl (C=O) groups is 2. The maximum atomic E-state index is 13.6. The number of hydrogen-bond donors (Lipinski definition) is 2. The SMILES string of the molecule is Cc1cnn(CCN(CC(=O)NC(c2ccccc2)c2ccccc2)CC(=O)NC(c2ccccc2)c2ccccc2)c1. The summed E-state index contributed by atoms with van der Waals surface area (Å²) in [7, 11) is 0. The largest absolute Gasteiger partial charge is 0.344 e. The van der Waals surface area contributed by atoms with Gasteiger partial charge in [-0.25, -0.2) is 0 Å². The van der Waals surface area contributed by atoms with Crippen molar-refractivity contribution in [2.45, 2.75) is 25.6 Å². The third-order valence-electron chi connectivity index (χ3n) is 7.28. The number of nitrogens with one attached hydrogen (secondary N) is 2. The molecule has 0 saturated carbocycles. The van der Waals surface area contributed by atoms with Gasteiger partial charge in [-0.05, 0) is 34.7 Å². The number of aromatic nitrogens is 2. The van der Waals surface area contributed by atoms with Crippen molar-refractivity contribution < 1.29 is 9.59 Å². The highest BCUT2D eigenvalue weighted by atomic mass is 16.2. The normalized spacial score (nSPS) is 11.2. The van der Waals surface area contributed by atoms with Crippen LogP contribution in [0.25, 0.3) is 0 Å². The molecule has 4 aromatic carbocycles. The number of carbonyl (C=O) groups excluding carboxylic acids is 2. The van der Waals surface area contributed by atoms with Crippen molar-refractivity contribution in [1.29, 1.82) is 0 Å². The Morgan fingerprint density at radius 2 is 1.02 bits per heavy atom. The lowest BCUT2D eigenvalue weighted by atomic mass is 9.98. The van der Waals surface area contributed by atoms with Gasteiger partial charge in [0.2, 0.25) is 11.8 Å². The summed E-state index contributed by atoms with van der Waals surface area (Å²) < 4.78 is 1.84. The number of rotatable bonds is 13. The number of nitrogens with zero attached hydrogens (tertiary/aromatic N) is 3. The predicted molar refractivity (Wildman–Crippen MR) is 169 cm³/mol. The molecule has 0 aliphatic heterocycles. The van der Waals surface area contributed by atoms with Crippen LogP contribution in [0, 0.1) is 6.92 Å². The highest BCUT2D eigenvalue weighted by molar-refractivity contribution is 5.82. The van der Waals surface area contributed by atoms with Crippen molar-refractivity contribution >= 4 is 11.8 Å². The summed E-state index contributed by atoms with van der Waals surface area (Å²) in [6.45, 7) is 3.14. The summed E-state index contributed by atoms with van der Waals surface area (Å²) in [6, 6.07) is 39.1. The first-order valence-corrected chi connectivity index (χ1v) is 14.5. The number of aryl methyl sites for hydroxylation is 1. The topological polar surface area (TPSA) is 79.3 Å². The average molecular weight is 572 g/mol. The second kappa shape index (κ2) is 14.8. The molecule has 0 fully saturated rings. The third-order valence-corrected chi connectivity index (χ3v) is 7.28. The maximum absolute atomic E-state index is 13.6. The van der Waals surface area contributed by atoms with E-state index < -0.39 is 0 Å². The molecule has 0 aliphatic carbocycles. The average Bonchev–Trinajstić information content (AvgIpc) is 3.48. The Hall–Kier alpha value is -5.01. The molecule has 0 bridgehead atoms. The zero-order valence-corrected chi connectivity index (χ0v) is 24.3. The number of amides is 2. The van der Waals surface area contributed by atoms with E-state index in [1.54, 1.807) is 6.20 Å². The molecule has 43 heavy (non-hydrogen) atoms.